The number of aromatic nitrogens is 2. The van der Waals surface area contributed by atoms with Gasteiger partial charge in [0.2, 0.25) is 0 Å². The van der Waals surface area contributed by atoms with E-state index in [1.807, 2.05) is 6.92 Å². The Hall–Kier alpha value is -0.880. The van der Waals surface area contributed by atoms with E-state index in [2.05, 4.69) is 45.2 Å². The molecule has 0 atom stereocenters. The second-order valence-electron chi connectivity index (χ2n) is 3.82. The molecule has 0 saturated carbocycles. The molecule has 0 aromatic carbocycles. The van der Waals surface area contributed by atoms with E-state index in [9.17, 15) is 4.79 Å². The molecule has 0 unspecified atom stereocenters. The number of rotatable bonds is 6. The molecule has 0 amide bonds. The first kappa shape index (κ1) is 14.2. The lowest BCUT2D eigenvalue weighted by molar-refractivity contribution is 0.367. The largest absolute Gasteiger partial charge is 0.381 e. The summed E-state index contributed by atoms with van der Waals surface area (Å²) in [4.78, 5) is 14.0. The minimum atomic E-state index is -0.0960. The zero-order valence-electron chi connectivity index (χ0n) is 10.5. The summed E-state index contributed by atoms with van der Waals surface area (Å²) in [5.41, 5.74) is 0.658. The lowest BCUT2D eigenvalue weighted by Gasteiger charge is -2.15. The van der Waals surface area contributed by atoms with E-state index >= 15 is 0 Å². The summed E-state index contributed by atoms with van der Waals surface area (Å²) in [6, 6.07) is 0. The Morgan fingerprint density at radius 2 is 2.24 bits per heavy atom. The molecular formula is C11H19BrN4O. The summed E-state index contributed by atoms with van der Waals surface area (Å²) in [6.07, 6.45) is 1.68. The minimum Gasteiger partial charge on any atom is -0.381 e. The van der Waals surface area contributed by atoms with Gasteiger partial charge >= 0.3 is 0 Å². The molecule has 96 valence electrons. The molecule has 0 spiro atoms. The molecule has 17 heavy (non-hydrogen) atoms. The van der Waals surface area contributed by atoms with Crippen molar-refractivity contribution < 1.29 is 0 Å². The molecule has 6 heteroatoms. The van der Waals surface area contributed by atoms with Crippen molar-refractivity contribution in [2.75, 3.05) is 32.0 Å². The van der Waals surface area contributed by atoms with Crippen LogP contribution in [-0.4, -0.2) is 41.4 Å². The summed E-state index contributed by atoms with van der Waals surface area (Å²) < 4.78 is 1.97. The fourth-order valence-corrected chi connectivity index (χ4v) is 1.80. The average molecular weight is 303 g/mol. The maximum absolute atomic E-state index is 11.8. The Morgan fingerprint density at radius 1 is 1.53 bits per heavy atom. The first-order chi connectivity index (χ1) is 8.10. The van der Waals surface area contributed by atoms with Gasteiger partial charge in [-0.25, -0.2) is 4.68 Å². The van der Waals surface area contributed by atoms with Crippen LogP contribution in [0.25, 0.3) is 0 Å². The first-order valence-electron chi connectivity index (χ1n) is 5.78. The van der Waals surface area contributed by atoms with E-state index in [1.54, 1.807) is 6.20 Å². The summed E-state index contributed by atoms with van der Waals surface area (Å²) in [5.74, 6) is 0. The predicted octanol–water partition coefficient (Wildman–Crippen LogP) is 1.39. The van der Waals surface area contributed by atoms with Gasteiger partial charge in [0.05, 0.1) is 11.9 Å². The fraction of sp³-hybridized carbons (Fsp3) is 0.636. The van der Waals surface area contributed by atoms with E-state index < -0.39 is 0 Å². The van der Waals surface area contributed by atoms with E-state index in [4.69, 9.17) is 0 Å². The number of nitrogens with zero attached hydrogens (tertiary/aromatic N) is 3. The van der Waals surface area contributed by atoms with Crippen molar-refractivity contribution in [2.45, 2.75) is 20.4 Å². The molecule has 0 saturated heterocycles. The third-order valence-corrected chi connectivity index (χ3v) is 3.40. The van der Waals surface area contributed by atoms with E-state index in [0.717, 1.165) is 25.3 Å². The number of hydrogen-bond acceptors (Lipinski definition) is 4. The molecular weight excluding hydrogens is 284 g/mol. The van der Waals surface area contributed by atoms with E-state index in [1.165, 1.54) is 4.68 Å². The first-order valence-corrected chi connectivity index (χ1v) is 6.57. The van der Waals surface area contributed by atoms with Crippen molar-refractivity contribution in [2.24, 2.45) is 0 Å². The highest BCUT2D eigenvalue weighted by Crippen LogP contribution is 2.15. The maximum Gasteiger partial charge on any atom is 0.283 e. The number of hydrogen-bond donors (Lipinski definition) is 1. The number of likely N-dealkylation sites (N-methyl/N-ethyl adjacent to an activating group) is 1. The van der Waals surface area contributed by atoms with Crippen molar-refractivity contribution in [1.29, 1.82) is 0 Å². The number of aryl methyl sites for hydroxylation is 1. The van der Waals surface area contributed by atoms with Crippen LogP contribution in [-0.2, 0) is 6.54 Å². The summed E-state index contributed by atoms with van der Waals surface area (Å²) in [6.45, 7) is 7.32. The predicted molar refractivity (Wildman–Crippen MR) is 73.5 cm³/mol. The third-order valence-electron chi connectivity index (χ3n) is 2.63. The van der Waals surface area contributed by atoms with Crippen LogP contribution in [0.5, 0.6) is 0 Å². The molecule has 1 heterocycles. The Labute approximate surface area is 110 Å². The Morgan fingerprint density at radius 3 is 2.82 bits per heavy atom. The monoisotopic (exact) mass is 302 g/mol. The van der Waals surface area contributed by atoms with Gasteiger partial charge in [0, 0.05) is 19.6 Å². The second kappa shape index (κ2) is 6.76. The smallest absolute Gasteiger partial charge is 0.283 e. The fourth-order valence-electron chi connectivity index (χ4n) is 1.35. The maximum atomic E-state index is 11.8. The Balaban J connectivity index is 2.67. The summed E-state index contributed by atoms with van der Waals surface area (Å²) in [5, 5.41) is 7.28. The van der Waals surface area contributed by atoms with Gasteiger partial charge in [0.15, 0.2) is 0 Å². The van der Waals surface area contributed by atoms with Gasteiger partial charge in [-0.05, 0) is 36.4 Å². The Bertz CT molecular complexity index is 418. The molecule has 1 aromatic rings. The van der Waals surface area contributed by atoms with Gasteiger partial charge in [-0.15, -0.1) is 0 Å². The van der Waals surface area contributed by atoms with Crippen LogP contribution < -0.4 is 10.9 Å². The highest BCUT2D eigenvalue weighted by atomic mass is 79.9. The van der Waals surface area contributed by atoms with E-state index in [-0.39, 0.29) is 5.56 Å². The molecule has 1 N–H and O–H groups in total. The standard InChI is InChI=1S/C11H19BrN4O/c1-4-15(3)7-6-13-9-8-14-16(5-2)11(17)10(9)12/h8,13H,4-7H2,1-3H3. The topological polar surface area (TPSA) is 50.2 Å². The quantitative estimate of drug-likeness (QED) is 0.863. The van der Waals surface area contributed by atoms with Crippen LogP contribution in [0, 0.1) is 0 Å². The third kappa shape index (κ3) is 3.81. The lowest BCUT2D eigenvalue weighted by atomic mass is 10.4. The van der Waals surface area contributed by atoms with Crippen molar-refractivity contribution >= 4 is 21.6 Å². The van der Waals surface area contributed by atoms with Crippen molar-refractivity contribution in [1.82, 2.24) is 14.7 Å². The zero-order valence-corrected chi connectivity index (χ0v) is 12.1. The molecule has 5 nitrogen and oxygen atoms in total. The summed E-state index contributed by atoms with van der Waals surface area (Å²) >= 11 is 3.31. The normalized spacial score (nSPS) is 10.9. The zero-order chi connectivity index (χ0) is 12.8. The summed E-state index contributed by atoms with van der Waals surface area (Å²) in [7, 11) is 2.06. The van der Waals surface area contributed by atoms with Crippen LogP contribution >= 0.6 is 15.9 Å². The lowest BCUT2D eigenvalue weighted by Crippen LogP contribution is -2.27. The average Bonchev–Trinajstić information content (AvgIpc) is 2.34. The second-order valence-corrected chi connectivity index (χ2v) is 4.61. The molecule has 0 aliphatic heterocycles. The van der Waals surface area contributed by atoms with Crippen molar-refractivity contribution in [3.05, 3.63) is 21.0 Å². The molecule has 0 bridgehead atoms. The van der Waals surface area contributed by atoms with Gasteiger partial charge in [-0.2, -0.15) is 5.10 Å². The van der Waals surface area contributed by atoms with Crippen LogP contribution in [0.15, 0.2) is 15.5 Å². The highest BCUT2D eigenvalue weighted by Gasteiger charge is 2.07. The Kier molecular flexibility index (Phi) is 5.64. The van der Waals surface area contributed by atoms with Gasteiger partial charge < -0.3 is 10.2 Å². The van der Waals surface area contributed by atoms with Gasteiger partial charge in [0.1, 0.15) is 4.47 Å². The van der Waals surface area contributed by atoms with Gasteiger partial charge in [-0.3, -0.25) is 4.79 Å². The number of halogens is 1. The van der Waals surface area contributed by atoms with E-state index in [0.29, 0.717) is 11.0 Å². The minimum absolute atomic E-state index is 0.0960. The number of nitrogens with one attached hydrogen (secondary N) is 1. The van der Waals surface area contributed by atoms with Crippen molar-refractivity contribution in [3.8, 4) is 0 Å². The number of anilines is 1. The van der Waals surface area contributed by atoms with Crippen LogP contribution in [0.1, 0.15) is 13.8 Å². The van der Waals surface area contributed by atoms with Gasteiger partial charge in [0.25, 0.3) is 5.56 Å². The van der Waals surface area contributed by atoms with Crippen molar-refractivity contribution in [3.63, 3.8) is 0 Å². The molecule has 0 aliphatic carbocycles. The molecule has 1 aromatic heterocycles. The SMILES string of the molecule is CCN(C)CCNc1cnn(CC)c(=O)c1Br. The molecule has 0 fully saturated rings. The highest BCUT2D eigenvalue weighted by molar-refractivity contribution is 9.10. The van der Waals surface area contributed by atoms with Gasteiger partial charge in [-0.1, -0.05) is 6.92 Å². The molecule has 0 aliphatic rings. The van der Waals surface area contributed by atoms with Crippen LogP contribution in [0.3, 0.4) is 0 Å². The molecule has 0 radical (unpaired) electrons. The van der Waals surface area contributed by atoms with Crippen LogP contribution in [0.4, 0.5) is 5.69 Å². The van der Waals surface area contributed by atoms with Crippen LogP contribution in [0.2, 0.25) is 0 Å². The molecule has 1 rings (SSSR count).